The molecule has 1 aromatic heterocycles. The van der Waals surface area contributed by atoms with E-state index >= 15 is 0 Å². The van der Waals surface area contributed by atoms with Crippen molar-refractivity contribution in [2.45, 2.75) is 12.5 Å². The van der Waals surface area contributed by atoms with Crippen LogP contribution in [-0.4, -0.2) is 41.2 Å². The van der Waals surface area contributed by atoms with Gasteiger partial charge in [-0.2, -0.15) is 0 Å². The van der Waals surface area contributed by atoms with Crippen LogP contribution < -0.4 is 5.32 Å². The third kappa shape index (κ3) is 2.95. The average Bonchev–Trinajstić information content (AvgIpc) is 2.88. The molecule has 1 aromatic rings. The van der Waals surface area contributed by atoms with Crippen molar-refractivity contribution in [3.8, 4) is 0 Å². The van der Waals surface area contributed by atoms with Crippen LogP contribution in [0.3, 0.4) is 0 Å². The minimum atomic E-state index is -1.10. The van der Waals surface area contributed by atoms with Crippen LogP contribution >= 0.6 is 0 Å². The molecule has 1 aliphatic carbocycles. The van der Waals surface area contributed by atoms with Gasteiger partial charge in [-0.3, -0.25) is 9.78 Å². The highest BCUT2D eigenvalue weighted by atomic mass is 16.5. The zero-order valence-corrected chi connectivity index (χ0v) is 11.4. The maximum atomic E-state index is 12.1. The second-order valence-electron chi connectivity index (χ2n) is 5.39. The van der Waals surface area contributed by atoms with Gasteiger partial charge in [-0.05, 0) is 24.3 Å². The molecule has 1 aliphatic heterocycles. The molecule has 3 atom stereocenters. The van der Waals surface area contributed by atoms with Gasteiger partial charge in [-0.1, -0.05) is 12.2 Å². The lowest BCUT2D eigenvalue weighted by molar-refractivity contribution is 0.0696. The Morgan fingerprint density at radius 3 is 2.95 bits per heavy atom. The Morgan fingerprint density at radius 1 is 1.33 bits per heavy atom. The quantitative estimate of drug-likeness (QED) is 0.810. The summed E-state index contributed by atoms with van der Waals surface area (Å²) < 4.78 is 5.57. The van der Waals surface area contributed by atoms with E-state index in [0.29, 0.717) is 12.5 Å². The largest absolute Gasteiger partial charge is 0.478 e. The number of amides is 1. The van der Waals surface area contributed by atoms with Gasteiger partial charge in [0.15, 0.2) is 0 Å². The molecule has 21 heavy (non-hydrogen) atoms. The first-order valence-electron chi connectivity index (χ1n) is 6.90. The maximum absolute atomic E-state index is 12.1. The lowest BCUT2D eigenvalue weighted by atomic mass is 9.85. The first-order valence-corrected chi connectivity index (χ1v) is 6.90. The summed E-state index contributed by atoms with van der Waals surface area (Å²) in [5.74, 6) is -0.686. The summed E-state index contributed by atoms with van der Waals surface area (Å²) in [6.45, 7) is 1.25. The van der Waals surface area contributed by atoms with Crippen molar-refractivity contribution in [2.24, 2.45) is 11.8 Å². The highest BCUT2D eigenvalue weighted by molar-refractivity contribution is 5.96. The third-order valence-electron chi connectivity index (χ3n) is 3.98. The summed E-state index contributed by atoms with van der Waals surface area (Å²) in [7, 11) is 0. The summed E-state index contributed by atoms with van der Waals surface area (Å²) >= 11 is 0. The lowest BCUT2D eigenvalue weighted by Gasteiger charge is -2.22. The number of nitrogens with zero attached hydrogens (tertiary/aromatic N) is 1. The first-order chi connectivity index (χ1) is 10.1. The Morgan fingerprint density at radius 2 is 2.14 bits per heavy atom. The van der Waals surface area contributed by atoms with E-state index in [1.807, 2.05) is 6.08 Å². The fourth-order valence-electron chi connectivity index (χ4n) is 2.77. The van der Waals surface area contributed by atoms with Gasteiger partial charge < -0.3 is 15.2 Å². The monoisotopic (exact) mass is 288 g/mol. The van der Waals surface area contributed by atoms with Crippen LogP contribution in [0, 0.1) is 11.8 Å². The molecule has 2 heterocycles. The molecular weight excluding hydrogens is 272 g/mol. The summed E-state index contributed by atoms with van der Waals surface area (Å²) in [6.07, 6.45) is 7.97. The standard InChI is InChI=1S/C15H16N2O4/c18-14(10-3-11(15(19)20)6-16-5-10)17-7-9-1-2-13-4-12(9)8-21-13/h1-3,5-6,9,12-13H,4,7-8H2,(H,17,18)(H,19,20)/t9-,12+,13-/m0/s1. The zero-order chi connectivity index (χ0) is 14.8. The van der Waals surface area contributed by atoms with E-state index in [2.05, 4.69) is 16.4 Å². The fraction of sp³-hybridized carbons (Fsp3) is 0.400. The number of hydrogen-bond donors (Lipinski definition) is 2. The summed E-state index contributed by atoms with van der Waals surface area (Å²) in [5.41, 5.74) is 0.266. The van der Waals surface area contributed by atoms with E-state index in [-0.39, 0.29) is 29.1 Å². The molecule has 0 saturated carbocycles. The summed E-state index contributed by atoms with van der Waals surface area (Å²) in [5, 5.41) is 11.7. The van der Waals surface area contributed by atoms with Gasteiger partial charge >= 0.3 is 5.97 Å². The second-order valence-corrected chi connectivity index (χ2v) is 5.39. The van der Waals surface area contributed by atoms with E-state index in [4.69, 9.17) is 9.84 Å². The number of carbonyl (C=O) groups is 2. The minimum absolute atomic E-state index is 0.00671. The molecule has 2 aliphatic rings. The SMILES string of the molecule is O=C(O)c1cncc(C(=O)NC[C@@H]2C=C[C@H]3C[C@@H]2CO3)c1. The van der Waals surface area contributed by atoms with Crippen LogP contribution in [-0.2, 0) is 4.74 Å². The molecule has 6 heteroatoms. The van der Waals surface area contributed by atoms with Crippen LogP contribution in [0.4, 0.5) is 0 Å². The zero-order valence-electron chi connectivity index (χ0n) is 11.4. The maximum Gasteiger partial charge on any atom is 0.337 e. The van der Waals surface area contributed by atoms with Crippen molar-refractivity contribution in [3.63, 3.8) is 0 Å². The Hall–Kier alpha value is -2.21. The fourth-order valence-corrected chi connectivity index (χ4v) is 2.77. The predicted octanol–water partition coefficient (Wildman–Crippen LogP) is 1.10. The molecule has 0 radical (unpaired) electrons. The molecule has 2 bridgehead atoms. The Labute approximate surface area is 121 Å². The van der Waals surface area contributed by atoms with Crippen molar-refractivity contribution in [1.29, 1.82) is 0 Å². The lowest BCUT2D eigenvalue weighted by Crippen LogP contribution is -2.33. The smallest absolute Gasteiger partial charge is 0.337 e. The second kappa shape index (κ2) is 5.65. The highest BCUT2D eigenvalue weighted by Crippen LogP contribution is 2.32. The number of fused-ring (bicyclic) bond motifs is 2. The van der Waals surface area contributed by atoms with Crippen LogP contribution in [0.15, 0.2) is 30.6 Å². The number of hydrogen-bond acceptors (Lipinski definition) is 4. The molecule has 6 nitrogen and oxygen atoms in total. The molecule has 0 unspecified atom stereocenters. The molecule has 1 amide bonds. The number of carboxylic acid groups (broad SMARTS) is 1. The van der Waals surface area contributed by atoms with E-state index in [0.717, 1.165) is 13.0 Å². The normalized spacial score (nSPS) is 26.6. The van der Waals surface area contributed by atoms with Gasteiger partial charge in [0.05, 0.1) is 23.8 Å². The van der Waals surface area contributed by atoms with Crippen molar-refractivity contribution in [2.75, 3.05) is 13.2 Å². The Balaban J connectivity index is 1.61. The van der Waals surface area contributed by atoms with E-state index in [1.165, 1.54) is 18.5 Å². The molecule has 3 rings (SSSR count). The van der Waals surface area contributed by atoms with Crippen molar-refractivity contribution in [1.82, 2.24) is 10.3 Å². The predicted molar refractivity (Wildman–Crippen MR) is 74.0 cm³/mol. The van der Waals surface area contributed by atoms with Gasteiger partial charge in [-0.15, -0.1) is 0 Å². The van der Waals surface area contributed by atoms with E-state index in [1.54, 1.807) is 0 Å². The van der Waals surface area contributed by atoms with Gasteiger partial charge in [0.2, 0.25) is 0 Å². The average molecular weight is 288 g/mol. The Bertz CT molecular complexity index is 599. The number of ether oxygens (including phenoxy) is 1. The van der Waals surface area contributed by atoms with Crippen molar-refractivity contribution in [3.05, 3.63) is 41.7 Å². The number of pyridine rings is 1. The molecule has 110 valence electrons. The third-order valence-corrected chi connectivity index (χ3v) is 3.98. The first kappa shape index (κ1) is 13.8. The number of carboxylic acids is 1. The summed E-state index contributed by atoms with van der Waals surface area (Å²) in [6, 6.07) is 1.33. The highest BCUT2D eigenvalue weighted by Gasteiger charge is 2.33. The number of carbonyl (C=O) groups excluding carboxylic acids is 1. The molecule has 1 fully saturated rings. The molecule has 2 N–H and O–H groups in total. The van der Waals surface area contributed by atoms with Crippen LogP contribution in [0.2, 0.25) is 0 Å². The van der Waals surface area contributed by atoms with Gasteiger partial charge in [0, 0.05) is 18.9 Å². The van der Waals surface area contributed by atoms with Crippen LogP contribution in [0.1, 0.15) is 27.1 Å². The van der Waals surface area contributed by atoms with E-state index < -0.39 is 5.97 Å². The molecular formula is C15H16N2O4. The number of nitrogens with one attached hydrogen (secondary N) is 1. The summed E-state index contributed by atoms with van der Waals surface area (Å²) in [4.78, 5) is 26.7. The van der Waals surface area contributed by atoms with Crippen molar-refractivity contribution >= 4 is 11.9 Å². The number of aromatic carboxylic acids is 1. The van der Waals surface area contributed by atoms with Crippen LogP contribution in [0.5, 0.6) is 0 Å². The van der Waals surface area contributed by atoms with Gasteiger partial charge in [0.25, 0.3) is 5.91 Å². The van der Waals surface area contributed by atoms with E-state index in [9.17, 15) is 9.59 Å². The van der Waals surface area contributed by atoms with Gasteiger partial charge in [0.1, 0.15) is 0 Å². The molecule has 0 spiro atoms. The molecule has 0 aromatic carbocycles. The molecule has 1 saturated heterocycles. The van der Waals surface area contributed by atoms with Gasteiger partial charge in [-0.25, -0.2) is 4.79 Å². The minimum Gasteiger partial charge on any atom is -0.478 e. The van der Waals surface area contributed by atoms with Crippen LogP contribution in [0.25, 0.3) is 0 Å². The number of aromatic nitrogens is 1. The number of rotatable bonds is 4. The Kier molecular flexibility index (Phi) is 3.70. The topological polar surface area (TPSA) is 88.5 Å². The van der Waals surface area contributed by atoms with Crippen molar-refractivity contribution < 1.29 is 19.4 Å².